The molecule has 0 amide bonds. The molecular formula is C11H17N3O5S2. The molecule has 1 fully saturated rings. The van der Waals surface area contributed by atoms with Crippen molar-refractivity contribution in [2.45, 2.75) is 17.4 Å². The van der Waals surface area contributed by atoms with E-state index < -0.39 is 32.5 Å². The van der Waals surface area contributed by atoms with Gasteiger partial charge in [0.05, 0.1) is 18.1 Å². The summed E-state index contributed by atoms with van der Waals surface area (Å²) in [6, 6.07) is 2.06. The standard InChI is InChI=1S/C11H17N3O5S2/c12-11-10(2-1-4-13-11)21(18,19)14(5-6-15)9-3-7-20(16,17)8-9/h1-2,4,9,15H,3,5-8H2,(H2,12,13). The minimum Gasteiger partial charge on any atom is -0.395 e. The number of sulfone groups is 1. The van der Waals surface area contributed by atoms with E-state index >= 15 is 0 Å². The third-order valence-electron chi connectivity index (χ3n) is 3.32. The number of nitrogens with zero attached hydrogens (tertiary/aromatic N) is 2. The molecule has 1 saturated heterocycles. The predicted octanol–water partition coefficient (Wildman–Crippen LogP) is -1.17. The van der Waals surface area contributed by atoms with E-state index in [2.05, 4.69) is 4.98 Å². The summed E-state index contributed by atoms with van der Waals surface area (Å²) in [5, 5.41) is 9.10. The van der Waals surface area contributed by atoms with Gasteiger partial charge in [-0.3, -0.25) is 0 Å². The largest absolute Gasteiger partial charge is 0.395 e. The van der Waals surface area contributed by atoms with E-state index in [9.17, 15) is 16.8 Å². The summed E-state index contributed by atoms with van der Waals surface area (Å²) in [5.74, 6) is -0.453. The third-order valence-corrected chi connectivity index (χ3v) is 7.07. The van der Waals surface area contributed by atoms with Crippen LogP contribution in [0.3, 0.4) is 0 Å². The second-order valence-electron chi connectivity index (χ2n) is 4.78. The summed E-state index contributed by atoms with van der Waals surface area (Å²) in [6.07, 6.45) is 1.58. The van der Waals surface area contributed by atoms with Gasteiger partial charge in [0.25, 0.3) is 0 Å². The zero-order valence-electron chi connectivity index (χ0n) is 11.2. The minimum absolute atomic E-state index is 0.0579. The second-order valence-corrected chi connectivity index (χ2v) is 8.87. The fourth-order valence-electron chi connectivity index (χ4n) is 2.35. The van der Waals surface area contributed by atoms with Crippen molar-refractivity contribution < 1.29 is 21.9 Å². The molecule has 0 aliphatic carbocycles. The van der Waals surface area contributed by atoms with Crippen molar-refractivity contribution in [1.29, 1.82) is 0 Å². The summed E-state index contributed by atoms with van der Waals surface area (Å²) in [7, 11) is -7.25. The Balaban J connectivity index is 2.40. The van der Waals surface area contributed by atoms with Gasteiger partial charge in [0.15, 0.2) is 9.84 Å². The minimum atomic E-state index is -4.01. The number of aliphatic hydroxyl groups excluding tert-OH is 1. The molecule has 1 aromatic rings. The van der Waals surface area contributed by atoms with Crippen molar-refractivity contribution in [2.75, 3.05) is 30.4 Å². The Bertz CT molecular complexity index is 717. The van der Waals surface area contributed by atoms with E-state index in [1.54, 1.807) is 0 Å². The number of pyridine rings is 1. The van der Waals surface area contributed by atoms with Crippen LogP contribution in [0.4, 0.5) is 5.82 Å². The van der Waals surface area contributed by atoms with Gasteiger partial charge in [0, 0.05) is 18.8 Å². The van der Waals surface area contributed by atoms with Gasteiger partial charge >= 0.3 is 0 Å². The molecule has 0 bridgehead atoms. The molecule has 8 nitrogen and oxygen atoms in total. The first-order chi connectivity index (χ1) is 9.78. The van der Waals surface area contributed by atoms with Crippen LogP contribution in [-0.2, 0) is 19.9 Å². The van der Waals surface area contributed by atoms with Crippen molar-refractivity contribution in [2.24, 2.45) is 0 Å². The van der Waals surface area contributed by atoms with Crippen molar-refractivity contribution >= 4 is 25.7 Å². The lowest BCUT2D eigenvalue weighted by Crippen LogP contribution is -2.43. The Hall–Kier alpha value is -1.23. The molecule has 0 saturated carbocycles. The molecule has 2 heterocycles. The molecular weight excluding hydrogens is 318 g/mol. The SMILES string of the molecule is Nc1ncccc1S(=O)(=O)N(CCO)C1CCS(=O)(=O)C1. The van der Waals surface area contributed by atoms with E-state index in [1.165, 1.54) is 18.3 Å². The normalized spacial score (nSPS) is 21.7. The van der Waals surface area contributed by atoms with E-state index in [0.717, 1.165) is 4.31 Å². The van der Waals surface area contributed by atoms with Gasteiger partial charge in [-0.1, -0.05) is 0 Å². The molecule has 0 aromatic carbocycles. The zero-order chi connectivity index (χ0) is 15.7. The Morgan fingerprint density at radius 2 is 2.19 bits per heavy atom. The Kier molecular flexibility index (Phi) is 4.51. The number of sulfonamides is 1. The highest BCUT2D eigenvalue weighted by Gasteiger charge is 2.39. The molecule has 1 atom stereocenters. The number of rotatable bonds is 5. The topological polar surface area (TPSA) is 131 Å². The van der Waals surface area contributed by atoms with E-state index in [0.29, 0.717) is 0 Å². The summed E-state index contributed by atoms with van der Waals surface area (Å²) in [6.45, 7) is -0.590. The Labute approximate surface area is 123 Å². The van der Waals surface area contributed by atoms with Crippen molar-refractivity contribution in [3.8, 4) is 0 Å². The number of aromatic nitrogens is 1. The zero-order valence-corrected chi connectivity index (χ0v) is 12.8. The molecule has 1 aromatic heterocycles. The van der Waals surface area contributed by atoms with Crippen LogP contribution in [0.25, 0.3) is 0 Å². The van der Waals surface area contributed by atoms with Gasteiger partial charge in [-0.2, -0.15) is 4.31 Å². The second kappa shape index (κ2) is 5.87. The van der Waals surface area contributed by atoms with Crippen molar-refractivity contribution in [3.05, 3.63) is 18.3 Å². The molecule has 10 heteroatoms. The van der Waals surface area contributed by atoms with Crippen LogP contribution in [0.1, 0.15) is 6.42 Å². The predicted molar refractivity (Wildman–Crippen MR) is 76.7 cm³/mol. The van der Waals surface area contributed by atoms with Crippen LogP contribution < -0.4 is 5.73 Å². The van der Waals surface area contributed by atoms with Crippen LogP contribution in [0.2, 0.25) is 0 Å². The van der Waals surface area contributed by atoms with E-state index in [1.807, 2.05) is 0 Å². The maximum Gasteiger partial charge on any atom is 0.247 e. The number of nitrogens with two attached hydrogens (primary N) is 1. The summed E-state index contributed by atoms with van der Waals surface area (Å²) in [5.41, 5.74) is 5.59. The first-order valence-electron chi connectivity index (χ1n) is 6.31. The smallest absolute Gasteiger partial charge is 0.247 e. The van der Waals surface area contributed by atoms with Gasteiger partial charge in [0.2, 0.25) is 10.0 Å². The molecule has 21 heavy (non-hydrogen) atoms. The molecule has 2 rings (SSSR count). The molecule has 0 spiro atoms. The van der Waals surface area contributed by atoms with Crippen LogP contribution in [-0.4, -0.2) is 61.9 Å². The first kappa shape index (κ1) is 16.1. The number of aliphatic hydroxyl groups is 1. The third kappa shape index (κ3) is 3.34. The molecule has 0 radical (unpaired) electrons. The maximum atomic E-state index is 12.6. The average molecular weight is 335 g/mol. The van der Waals surface area contributed by atoms with Gasteiger partial charge in [-0.15, -0.1) is 0 Å². The van der Waals surface area contributed by atoms with Gasteiger partial charge in [-0.25, -0.2) is 21.8 Å². The van der Waals surface area contributed by atoms with E-state index in [-0.39, 0.29) is 35.2 Å². The lowest BCUT2D eigenvalue weighted by atomic mass is 10.3. The molecule has 118 valence electrons. The first-order valence-corrected chi connectivity index (χ1v) is 9.58. The van der Waals surface area contributed by atoms with Crippen molar-refractivity contribution in [1.82, 2.24) is 9.29 Å². The highest BCUT2D eigenvalue weighted by Crippen LogP contribution is 2.26. The highest BCUT2D eigenvalue weighted by atomic mass is 32.2. The molecule has 1 aliphatic heterocycles. The number of anilines is 1. The maximum absolute atomic E-state index is 12.6. The summed E-state index contributed by atoms with van der Waals surface area (Å²) in [4.78, 5) is 3.56. The van der Waals surface area contributed by atoms with Crippen LogP contribution >= 0.6 is 0 Å². The lowest BCUT2D eigenvalue weighted by Gasteiger charge is -2.26. The van der Waals surface area contributed by atoms with Crippen molar-refractivity contribution in [3.63, 3.8) is 0 Å². The fourth-order valence-corrected chi connectivity index (χ4v) is 5.89. The van der Waals surface area contributed by atoms with Gasteiger partial charge in [0.1, 0.15) is 10.7 Å². The van der Waals surface area contributed by atoms with E-state index in [4.69, 9.17) is 10.8 Å². The van der Waals surface area contributed by atoms with Crippen LogP contribution in [0.15, 0.2) is 23.2 Å². The fraction of sp³-hybridized carbons (Fsp3) is 0.545. The summed E-state index contributed by atoms with van der Waals surface area (Å²) < 4.78 is 49.4. The highest BCUT2D eigenvalue weighted by molar-refractivity contribution is 7.92. The molecule has 1 unspecified atom stereocenters. The Morgan fingerprint density at radius 3 is 2.71 bits per heavy atom. The van der Waals surface area contributed by atoms with Gasteiger partial charge < -0.3 is 10.8 Å². The number of hydrogen-bond donors (Lipinski definition) is 2. The summed E-state index contributed by atoms with van der Waals surface area (Å²) >= 11 is 0. The monoisotopic (exact) mass is 335 g/mol. The quantitative estimate of drug-likeness (QED) is 0.693. The lowest BCUT2D eigenvalue weighted by molar-refractivity contribution is 0.232. The molecule has 1 aliphatic rings. The van der Waals surface area contributed by atoms with Crippen LogP contribution in [0.5, 0.6) is 0 Å². The Morgan fingerprint density at radius 1 is 1.48 bits per heavy atom. The number of hydrogen-bond acceptors (Lipinski definition) is 7. The van der Waals surface area contributed by atoms with Crippen LogP contribution in [0, 0.1) is 0 Å². The average Bonchev–Trinajstić information content (AvgIpc) is 2.76. The molecule has 3 N–H and O–H groups in total. The number of nitrogen functional groups attached to an aromatic ring is 1. The van der Waals surface area contributed by atoms with Gasteiger partial charge in [-0.05, 0) is 18.6 Å².